The summed E-state index contributed by atoms with van der Waals surface area (Å²) in [5.74, 6) is -2.22. The number of rotatable bonds is 73. The van der Waals surface area contributed by atoms with Crippen molar-refractivity contribution in [3.63, 3.8) is 0 Å². The Morgan fingerprint density at radius 3 is 0.840 bits per heavy atom. The molecule has 0 aliphatic heterocycles. The number of unbranched alkanes of at least 4 members (excludes halogenated alkanes) is 29. The minimum Gasteiger partial charge on any atom is -0.462 e. The Balaban J connectivity index is 5.38. The molecular formula is C81H140O17P2. The molecule has 0 saturated heterocycles. The predicted octanol–water partition coefficient (Wildman–Crippen LogP) is 22.6. The highest BCUT2D eigenvalue weighted by atomic mass is 31.2. The Labute approximate surface area is 607 Å². The number of aliphatic hydroxyl groups excluding tert-OH is 1. The summed E-state index contributed by atoms with van der Waals surface area (Å²) < 4.78 is 68.5. The van der Waals surface area contributed by atoms with Gasteiger partial charge < -0.3 is 33.8 Å². The number of carbonyl (C=O) groups excluding carboxylic acids is 4. The van der Waals surface area contributed by atoms with Gasteiger partial charge in [-0.3, -0.25) is 37.3 Å². The van der Waals surface area contributed by atoms with Crippen LogP contribution in [0.1, 0.15) is 323 Å². The fourth-order valence-corrected chi connectivity index (χ4v) is 11.9. The number of aliphatic hydroxyl groups is 1. The third-order valence-electron chi connectivity index (χ3n) is 16.2. The lowest BCUT2D eigenvalue weighted by Gasteiger charge is -2.21. The van der Waals surface area contributed by atoms with Gasteiger partial charge in [0, 0.05) is 25.7 Å². The molecule has 576 valence electrons. The van der Waals surface area contributed by atoms with E-state index in [1.165, 1.54) is 64.2 Å². The number of ether oxygens (including phenoxy) is 4. The number of allylic oxidation sites excluding steroid dienone is 18. The van der Waals surface area contributed by atoms with Crippen LogP contribution < -0.4 is 0 Å². The quantitative estimate of drug-likeness (QED) is 0.0169. The average Bonchev–Trinajstić information content (AvgIpc) is 1.06. The smallest absolute Gasteiger partial charge is 0.462 e. The molecule has 0 radical (unpaired) electrons. The van der Waals surface area contributed by atoms with Crippen molar-refractivity contribution in [2.24, 2.45) is 0 Å². The standard InChI is InChI=1S/C81H140O17P2/c1-5-9-13-17-21-25-29-33-36-37-40-43-46-50-54-58-62-66-79(84)92-72-77(98-81(86)68-64-60-56-52-48-44-39-35-31-27-23-19-15-11-7-3)74-96-100(89,90)94-70-75(82)69-93-99(87,88)95-73-76(97-80(85)67-63-59-55-51-47-41-32-28-24-20-16-12-8-4)71-91-78(83)65-61-57-53-49-45-42-38-34-30-26-22-18-14-10-6-2/h9-10,13-14,16,20-22,25-26,28,32-34,36,38,40,43,75-77,82H,5-8,11-12,15,17-19,23-24,27,29-31,35,37,39,41-42,44-74H2,1-4H3,(H,87,88)(H,89,90)/b13-9-,14-10-,20-16-,25-21-,26-22-,32-28-,36-33-,38-34-,43-40-. The Bertz CT molecular complexity index is 2320. The molecule has 0 heterocycles. The third-order valence-corrected chi connectivity index (χ3v) is 18.1. The molecule has 0 aromatic heterocycles. The van der Waals surface area contributed by atoms with Gasteiger partial charge in [0.1, 0.15) is 19.3 Å². The van der Waals surface area contributed by atoms with Crippen molar-refractivity contribution >= 4 is 39.5 Å². The van der Waals surface area contributed by atoms with Crippen molar-refractivity contribution in [1.82, 2.24) is 0 Å². The van der Waals surface area contributed by atoms with Crippen LogP contribution >= 0.6 is 15.6 Å². The molecule has 0 bridgehead atoms. The summed E-state index contributed by atoms with van der Waals surface area (Å²) in [4.78, 5) is 72.9. The molecule has 19 heteroatoms. The second-order valence-electron chi connectivity index (χ2n) is 25.9. The zero-order valence-electron chi connectivity index (χ0n) is 62.8. The van der Waals surface area contributed by atoms with E-state index in [1.54, 1.807) is 0 Å². The first-order valence-electron chi connectivity index (χ1n) is 39.1. The first kappa shape index (κ1) is 95.7. The summed E-state index contributed by atoms with van der Waals surface area (Å²) in [5.41, 5.74) is 0. The van der Waals surface area contributed by atoms with E-state index >= 15 is 0 Å². The van der Waals surface area contributed by atoms with Crippen LogP contribution in [0.15, 0.2) is 109 Å². The molecule has 0 amide bonds. The maximum Gasteiger partial charge on any atom is 0.472 e. The molecule has 3 N–H and O–H groups in total. The second kappa shape index (κ2) is 73.0. The maximum atomic E-state index is 13.1. The SMILES string of the molecule is CC/C=C\C/C=C\C/C=C\C/C=C\CCCCCCC(=O)OCC(COP(=O)(O)OCC(O)COP(=O)(O)OCC(COC(=O)CCCCCCC/C=C\C/C=C\C/C=C\CC)OC(=O)CCCCCCC/C=C\C/C=C\CCC)OC(=O)CCCCCCCCCCCCCCCCC. The van der Waals surface area contributed by atoms with Crippen molar-refractivity contribution in [2.45, 2.75) is 341 Å². The second-order valence-corrected chi connectivity index (χ2v) is 28.8. The average molecular weight is 1450 g/mol. The van der Waals surface area contributed by atoms with Crippen LogP contribution in [0, 0.1) is 0 Å². The number of hydrogen-bond donors (Lipinski definition) is 3. The summed E-state index contributed by atoms with van der Waals surface area (Å²) in [7, 11) is -9.96. The van der Waals surface area contributed by atoms with Gasteiger partial charge in [-0.15, -0.1) is 0 Å². The minimum absolute atomic E-state index is 0.0737. The normalized spacial score (nSPS) is 14.5. The first-order valence-corrected chi connectivity index (χ1v) is 42.1. The van der Waals surface area contributed by atoms with E-state index in [0.717, 1.165) is 180 Å². The zero-order valence-corrected chi connectivity index (χ0v) is 64.6. The first-order chi connectivity index (χ1) is 48.7. The molecule has 17 nitrogen and oxygen atoms in total. The topological polar surface area (TPSA) is 237 Å². The van der Waals surface area contributed by atoms with E-state index < -0.39 is 97.5 Å². The number of phosphoric ester groups is 2. The minimum atomic E-state index is -4.98. The molecule has 0 saturated carbocycles. The summed E-state index contributed by atoms with van der Waals surface area (Å²) in [6, 6.07) is 0. The molecule has 0 aliphatic carbocycles. The van der Waals surface area contributed by atoms with Crippen LogP contribution in [0.2, 0.25) is 0 Å². The summed E-state index contributed by atoms with van der Waals surface area (Å²) >= 11 is 0. The highest BCUT2D eigenvalue weighted by Crippen LogP contribution is 2.45. The summed E-state index contributed by atoms with van der Waals surface area (Å²) in [6.07, 6.45) is 77.8. The summed E-state index contributed by atoms with van der Waals surface area (Å²) in [6.45, 7) is 4.55. The number of hydrogen-bond acceptors (Lipinski definition) is 15. The van der Waals surface area contributed by atoms with Gasteiger partial charge in [0.25, 0.3) is 0 Å². The molecule has 0 rings (SSSR count). The van der Waals surface area contributed by atoms with Crippen molar-refractivity contribution < 1.29 is 80.2 Å². The Morgan fingerprint density at radius 2 is 0.540 bits per heavy atom. The molecule has 5 atom stereocenters. The zero-order chi connectivity index (χ0) is 73.2. The molecule has 0 spiro atoms. The largest absolute Gasteiger partial charge is 0.472 e. The fraction of sp³-hybridized carbons (Fsp3) is 0.728. The van der Waals surface area contributed by atoms with Crippen molar-refractivity contribution in [2.75, 3.05) is 39.6 Å². The maximum absolute atomic E-state index is 13.1. The molecular weight excluding hydrogens is 1310 g/mol. The predicted molar refractivity (Wildman–Crippen MR) is 408 cm³/mol. The molecule has 0 aliphatic rings. The lowest BCUT2D eigenvalue weighted by atomic mass is 10.0. The van der Waals surface area contributed by atoms with E-state index in [9.17, 15) is 43.2 Å². The molecule has 0 fully saturated rings. The Morgan fingerprint density at radius 1 is 0.290 bits per heavy atom. The van der Waals surface area contributed by atoms with Crippen molar-refractivity contribution in [3.8, 4) is 0 Å². The van der Waals surface area contributed by atoms with Crippen LogP contribution in [0.3, 0.4) is 0 Å². The number of carbonyl (C=O) groups is 4. The Kier molecular flexibility index (Phi) is 69.9. The van der Waals surface area contributed by atoms with Gasteiger partial charge in [0.2, 0.25) is 0 Å². The van der Waals surface area contributed by atoms with Gasteiger partial charge in [-0.1, -0.05) is 285 Å². The molecule has 0 aromatic carbocycles. The Hall–Kier alpha value is -4.28. The van der Waals surface area contributed by atoms with Crippen LogP contribution in [-0.2, 0) is 65.4 Å². The third kappa shape index (κ3) is 72.1. The van der Waals surface area contributed by atoms with Gasteiger partial charge in [-0.2, -0.15) is 0 Å². The molecule has 0 aromatic rings. The van der Waals surface area contributed by atoms with E-state index in [0.29, 0.717) is 25.7 Å². The van der Waals surface area contributed by atoms with E-state index in [2.05, 4.69) is 137 Å². The van der Waals surface area contributed by atoms with Crippen LogP contribution in [-0.4, -0.2) is 96.7 Å². The van der Waals surface area contributed by atoms with Crippen molar-refractivity contribution in [1.29, 1.82) is 0 Å². The van der Waals surface area contributed by atoms with Gasteiger partial charge >= 0.3 is 39.5 Å². The number of phosphoric acid groups is 2. The number of esters is 4. The van der Waals surface area contributed by atoms with E-state index in [1.807, 2.05) is 0 Å². The van der Waals surface area contributed by atoms with Crippen LogP contribution in [0.25, 0.3) is 0 Å². The van der Waals surface area contributed by atoms with Gasteiger partial charge in [-0.25, -0.2) is 9.13 Å². The molecule has 5 unspecified atom stereocenters. The van der Waals surface area contributed by atoms with E-state index in [4.69, 9.17) is 37.0 Å². The van der Waals surface area contributed by atoms with Crippen LogP contribution in [0.5, 0.6) is 0 Å². The highest BCUT2D eigenvalue weighted by molar-refractivity contribution is 7.47. The highest BCUT2D eigenvalue weighted by Gasteiger charge is 2.30. The van der Waals surface area contributed by atoms with Crippen LogP contribution in [0.4, 0.5) is 0 Å². The monoisotopic (exact) mass is 1450 g/mol. The lowest BCUT2D eigenvalue weighted by Crippen LogP contribution is -2.30. The van der Waals surface area contributed by atoms with Gasteiger partial charge in [0.15, 0.2) is 12.2 Å². The summed E-state index contributed by atoms with van der Waals surface area (Å²) in [5, 5.41) is 10.6. The van der Waals surface area contributed by atoms with E-state index in [-0.39, 0.29) is 25.7 Å². The lowest BCUT2D eigenvalue weighted by molar-refractivity contribution is -0.161. The molecule has 100 heavy (non-hydrogen) atoms. The van der Waals surface area contributed by atoms with Gasteiger partial charge in [-0.05, 0) is 122 Å². The van der Waals surface area contributed by atoms with Gasteiger partial charge in [0.05, 0.1) is 26.4 Å². The van der Waals surface area contributed by atoms with Crippen molar-refractivity contribution in [3.05, 3.63) is 109 Å². The fourth-order valence-electron chi connectivity index (χ4n) is 10.3.